The zero-order valence-electron chi connectivity index (χ0n) is 14.5. The van der Waals surface area contributed by atoms with Gasteiger partial charge in [0.25, 0.3) is 0 Å². The van der Waals surface area contributed by atoms with E-state index < -0.39 is 0 Å². The lowest BCUT2D eigenvalue weighted by atomic mass is 10.0. The summed E-state index contributed by atoms with van der Waals surface area (Å²) in [6, 6.07) is 6.55. The van der Waals surface area contributed by atoms with Gasteiger partial charge in [-0.15, -0.1) is 0 Å². The van der Waals surface area contributed by atoms with E-state index in [9.17, 15) is 4.79 Å². The molecular weight excluding hydrogens is 314 g/mol. The summed E-state index contributed by atoms with van der Waals surface area (Å²) in [5, 5.41) is 5.45. The topological polar surface area (TPSA) is 66.8 Å². The smallest absolute Gasteiger partial charge is 0.222 e. The lowest BCUT2D eigenvalue weighted by Crippen LogP contribution is -2.40. The molecular formula is C19H23N5O. The maximum absolute atomic E-state index is 12.7. The molecule has 0 spiro atoms. The molecule has 1 aliphatic heterocycles. The van der Waals surface area contributed by atoms with Gasteiger partial charge < -0.3 is 9.88 Å². The Labute approximate surface area is 146 Å². The quantitative estimate of drug-likeness (QED) is 0.796. The highest BCUT2D eigenvalue weighted by molar-refractivity contribution is 5.86. The number of aromatic nitrogens is 4. The van der Waals surface area contributed by atoms with E-state index in [2.05, 4.69) is 40.2 Å². The molecule has 3 heterocycles. The van der Waals surface area contributed by atoms with Gasteiger partial charge in [0.15, 0.2) is 0 Å². The molecule has 0 aliphatic carbocycles. The average Bonchev–Trinajstić information content (AvgIpc) is 3.30. The Morgan fingerprint density at radius 1 is 1.40 bits per heavy atom. The van der Waals surface area contributed by atoms with E-state index >= 15 is 0 Å². The van der Waals surface area contributed by atoms with Gasteiger partial charge in [-0.05, 0) is 37.3 Å². The minimum absolute atomic E-state index is 0.229. The van der Waals surface area contributed by atoms with Gasteiger partial charge in [-0.25, -0.2) is 9.67 Å². The van der Waals surface area contributed by atoms with E-state index in [1.54, 1.807) is 12.7 Å². The number of nitrogens with zero attached hydrogens (tertiary/aromatic N) is 4. The number of piperidine rings is 1. The van der Waals surface area contributed by atoms with Crippen molar-refractivity contribution in [3.63, 3.8) is 0 Å². The van der Waals surface area contributed by atoms with E-state index in [-0.39, 0.29) is 11.9 Å². The Balaban J connectivity index is 1.40. The average molecular weight is 337 g/mol. The maximum Gasteiger partial charge on any atom is 0.222 e. The van der Waals surface area contributed by atoms with Crippen LogP contribution in [0.4, 0.5) is 0 Å². The van der Waals surface area contributed by atoms with E-state index in [4.69, 9.17) is 0 Å². The lowest BCUT2D eigenvalue weighted by Gasteiger charge is -2.32. The minimum Gasteiger partial charge on any atom is -0.361 e. The summed E-state index contributed by atoms with van der Waals surface area (Å²) in [6.45, 7) is 3.68. The largest absolute Gasteiger partial charge is 0.361 e. The van der Waals surface area contributed by atoms with E-state index in [1.165, 1.54) is 22.0 Å². The fraction of sp³-hybridized carbons (Fsp3) is 0.421. The monoisotopic (exact) mass is 337 g/mol. The number of carbonyl (C=O) groups excluding carboxylic acids is 1. The highest BCUT2D eigenvalue weighted by Crippen LogP contribution is 2.24. The van der Waals surface area contributed by atoms with Crippen LogP contribution in [-0.2, 0) is 11.2 Å². The molecule has 6 heteroatoms. The van der Waals surface area contributed by atoms with Crippen LogP contribution in [0.1, 0.15) is 36.4 Å². The van der Waals surface area contributed by atoms with Crippen molar-refractivity contribution in [1.82, 2.24) is 24.6 Å². The van der Waals surface area contributed by atoms with Gasteiger partial charge in [-0.1, -0.05) is 18.2 Å². The number of likely N-dealkylation sites (tertiary alicyclic amines) is 1. The standard InChI is InChI=1S/C19H23N5O/c1-14-4-2-6-17-15(10-21-19(14)17)7-8-18(25)23-9-3-5-16(11-23)24-13-20-12-22-24/h2,4,6,10,12-13,16,21H,3,5,7-9,11H2,1H3. The molecule has 25 heavy (non-hydrogen) atoms. The van der Waals surface area contributed by atoms with E-state index in [0.717, 1.165) is 32.4 Å². The van der Waals surface area contributed by atoms with Crippen LogP contribution in [0.15, 0.2) is 37.1 Å². The van der Waals surface area contributed by atoms with Gasteiger partial charge in [-0.2, -0.15) is 5.10 Å². The zero-order valence-corrected chi connectivity index (χ0v) is 14.5. The van der Waals surface area contributed by atoms with Crippen LogP contribution in [0, 0.1) is 6.92 Å². The normalized spacial score (nSPS) is 18.0. The molecule has 1 N–H and O–H groups in total. The first-order valence-corrected chi connectivity index (χ1v) is 8.90. The fourth-order valence-electron chi connectivity index (χ4n) is 3.77. The van der Waals surface area contributed by atoms with Crippen molar-refractivity contribution in [2.45, 2.75) is 38.6 Å². The molecule has 1 fully saturated rings. The molecule has 0 saturated carbocycles. The SMILES string of the molecule is Cc1cccc2c(CCC(=O)N3CCCC(n4cncn4)C3)c[nH]c12. The van der Waals surface area contributed by atoms with E-state index in [1.807, 2.05) is 15.8 Å². The number of benzene rings is 1. The Morgan fingerprint density at radius 3 is 3.16 bits per heavy atom. The Bertz CT molecular complexity index is 867. The van der Waals surface area contributed by atoms with Crippen LogP contribution in [0.3, 0.4) is 0 Å². The number of aromatic amines is 1. The summed E-state index contributed by atoms with van der Waals surface area (Å²) in [5.74, 6) is 0.229. The second-order valence-corrected chi connectivity index (χ2v) is 6.82. The van der Waals surface area contributed by atoms with Crippen molar-refractivity contribution in [2.75, 3.05) is 13.1 Å². The molecule has 4 rings (SSSR count). The predicted octanol–water partition coefficient (Wildman–Crippen LogP) is 2.86. The van der Waals surface area contributed by atoms with Gasteiger partial charge in [0.2, 0.25) is 5.91 Å². The highest BCUT2D eigenvalue weighted by atomic mass is 16.2. The number of carbonyl (C=O) groups is 1. The summed E-state index contributed by atoms with van der Waals surface area (Å²) >= 11 is 0. The van der Waals surface area contributed by atoms with E-state index in [0.29, 0.717) is 6.42 Å². The number of para-hydroxylation sites is 1. The number of nitrogens with one attached hydrogen (secondary N) is 1. The first-order valence-electron chi connectivity index (χ1n) is 8.90. The number of rotatable bonds is 4. The fourth-order valence-corrected chi connectivity index (χ4v) is 3.77. The van der Waals surface area contributed by atoms with Crippen LogP contribution in [0.2, 0.25) is 0 Å². The number of H-pyrrole nitrogens is 1. The van der Waals surface area contributed by atoms with Crippen LogP contribution in [-0.4, -0.2) is 43.6 Å². The van der Waals surface area contributed by atoms with Crippen molar-refractivity contribution in [1.29, 1.82) is 0 Å². The molecule has 0 radical (unpaired) electrons. The van der Waals surface area contributed by atoms with Crippen LogP contribution < -0.4 is 0 Å². The van der Waals surface area contributed by atoms with Crippen LogP contribution in [0.25, 0.3) is 10.9 Å². The van der Waals surface area contributed by atoms with Crippen molar-refractivity contribution in [2.24, 2.45) is 0 Å². The van der Waals surface area contributed by atoms with Gasteiger partial charge in [0.05, 0.1) is 6.04 Å². The molecule has 3 aromatic rings. The third-order valence-corrected chi connectivity index (χ3v) is 5.18. The maximum atomic E-state index is 12.7. The van der Waals surface area contributed by atoms with Crippen molar-refractivity contribution >= 4 is 16.8 Å². The number of amides is 1. The Hall–Kier alpha value is -2.63. The molecule has 6 nitrogen and oxygen atoms in total. The molecule has 1 aliphatic rings. The van der Waals surface area contributed by atoms with Crippen molar-refractivity contribution in [3.8, 4) is 0 Å². The molecule has 1 saturated heterocycles. The number of hydrogen-bond donors (Lipinski definition) is 1. The number of hydrogen-bond acceptors (Lipinski definition) is 3. The second-order valence-electron chi connectivity index (χ2n) is 6.82. The predicted molar refractivity (Wildman–Crippen MR) is 96.2 cm³/mol. The van der Waals surface area contributed by atoms with Crippen molar-refractivity contribution < 1.29 is 4.79 Å². The first kappa shape index (κ1) is 15.9. The number of fused-ring (bicyclic) bond motifs is 1. The molecule has 1 unspecified atom stereocenters. The summed E-state index contributed by atoms with van der Waals surface area (Å²) in [7, 11) is 0. The summed E-state index contributed by atoms with van der Waals surface area (Å²) in [4.78, 5) is 22.0. The second kappa shape index (κ2) is 6.70. The Morgan fingerprint density at radius 2 is 2.32 bits per heavy atom. The third-order valence-electron chi connectivity index (χ3n) is 5.18. The highest BCUT2D eigenvalue weighted by Gasteiger charge is 2.25. The van der Waals surface area contributed by atoms with Gasteiger partial charge in [0.1, 0.15) is 12.7 Å². The third kappa shape index (κ3) is 3.16. The zero-order chi connectivity index (χ0) is 17.2. The summed E-state index contributed by atoms with van der Waals surface area (Å²) in [5.41, 5.74) is 3.63. The Kier molecular flexibility index (Phi) is 4.26. The van der Waals surface area contributed by atoms with Gasteiger partial charge in [0, 0.05) is 36.6 Å². The van der Waals surface area contributed by atoms with Crippen molar-refractivity contribution in [3.05, 3.63) is 48.2 Å². The van der Waals surface area contributed by atoms with Gasteiger partial charge in [-0.3, -0.25) is 4.79 Å². The van der Waals surface area contributed by atoms with Crippen LogP contribution in [0.5, 0.6) is 0 Å². The minimum atomic E-state index is 0.229. The van der Waals surface area contributed by atoms with Gasteiger partial charge >= 0.3 is 0 Å². The molecule has 2 aromatic heterocycles. The van der Waals surface area contributed by atoms with Crippen LogP contribution >= 0.6 is 0 Å². The lowest BCUT2D eigenvalue weighted by molar-refractivity contribution is -0.132. The summed E-state index contributed by atoms with van der Waals surface area (Å²) in [6.07, 6.45) is 8.72. The molecule has 0 bridgehead atoms. The molecule has 1 atom stereocenters. The summed E-state index contributed by atoms with van der Waals surface area (Å²) < 4.78 is 1.88. The molecule has 130 valence electrons. The first-order chi connectivity index (χ1) is 12.2. The molecule has 1 amide bonds. The number of aryl methyl sites for hydroxylation is 2. The molecule has 1 aromatic carbocycles.